The highest BCUT2D eigenvalue weighted by atomic mass is 15.0. The van der Waals surface area contributed by atoms with Crippen molar-refractivity contribution in [1.29, 1.82) is 0 Å². The van der Waals surface area contributed by atoms with Gasteiger partial charge < -0.3 is 20.9 Å². The zero-order valence-electron chi connectivity index (χ0n) is 29.7. The molecule has 0 amide bonds. The minimum absolute atomic E-state index is 0.694. The Morgan fingerprint density at radius 2 is 1.02 bits per heavy atom. The number of benzene rings is 8. The number of hydrogen-bond donors (Lipinski definition) is 3. The maximum atomic E-state index is 6.74. The van der Waals surface area contributed by atoms with Crippen molar-refractivity contribution < 1.29 is 0 Å². The molecule has 0 aliphatic heterocycles. The lowest BCUT2D eigenvalue weighted by Crippen LogP contribution is -2.08. The van der Waals surface area contributed by atoms with Crippen molar-refractivity contribution in [3.63, 3.8) is 0 Å². The normalized spacial score (nSPS) is 11.7. The first-order valence-electron chi connectivity index (χ1n) is 18.2. The van der Waals surface area contributed by atoms with E-state index in [2.05, 4.69) is 173 Å². The van der Waals surface area contributed by atoms with E-state index < -0.39 is 0 Å². The summed E-state index contributed by atoms with van der Waals surface area (Å²) in [5, 5.41) is 9.78. The number of nitrogens with two attached hydrogens (primary N) is 1. The largest absolute Gasteiger partial charge is 0.397 e. The van der Waals surface area contributed by atoms with E-state index in [9.17, 15) is 0 Å². The van der Waals surface area contributed by atoms with E-state index in [1.54, 1.807) is 0 Å². The Labute approximate surface area is 315 Å². The Hall–Kier alpha value is -7.30. The van der Waals surface area contributed by atoms with Crippen LogP contribution in [0.2, 0.25) is 0 Å². The quantitative estimate of drug-likeness (QED) is 0.132. The van der Waals surface area contributed by atoms with Gasteiger partial charge in [-0.2, -0.15) is 0 Å². The lowest BCUT2D eigenvalue weighted by Gasteiger charge is -2.17. The summed E-state index contributed by atoms with van der Waals surface area (Å²) in [6.45, 7) is 0. The number of para-hydroxylation sites is 3. The second-order valence-electron chi connectivity index (χ2n) is 13.4. The molecule has 4 nitrogen and oxygen atoms in total. The van der Waals surface area contributed by atoms with Crippen LogP contribution in [0, 0.1) is 0 Å². The topological polar surface area (TPSA) is 55.0 Å². The summed E-state index contributed by atoms with van der Waals surface area (Å²) in [5.41, 5.74) is 21.5. The molecule has 4 N–H and O–H groups in total. The van der Waals surface area contributed by atoms with Gasteiger partial charge in [-0.05, 0) is 89.0 Å². The van der Waals surface area contributed by atoms with Gasteiger partial charge in [0.05, 0.1) is 22.4 Å². The van der Waals surface area contributed by atoms with Crippen LogP contribution < -0.4 is 16.4 Å². The molecular formula is C50H38N4. The van der Waals surface area contributed by atoms with Crippen molar-refractivity contribution in [2.24, 2.45) is 5.73 Å². The standard InChI is InChI=1S/C50H38N4/c51-49(35-15-4-1-5-16-35)50(36-17-6-2-7-18-36)53-41-30-28-40(29-31-41)52-46-25-12-10-23-43(46)39-20-14-19-37(33-39)38-27-32-48-45(34-38)44-24-11-13-26-47(44)54(48)42-21-8-3-9-22-42/h1-34,52-53H,51H2/b50-49-. The molecule has 0 atom stereocenters. The first kappa shape index (κ1) is 32.6. The second kappa shape index (κ2) is 14.4. The smallest absolute Gasteiger partial charge is 0.0697 e. The van der Waals surface area contributed by atoms with E-state index in [1.165, 1.54) is 32.9 Å². The minimum Gasteiger partial charge on any atom is -0.397 e. The summed E-state index contributed by atoms with van der Waals surface area (Å²) in [6, 6.07) is 72.0. The summed E-state index contributed by atoms with van der Waals surface area (Å²) in [7, 11) is 0. The zero-order chi connectivity index (χ0) is 36.3. The van der Waals surface area contributed by atoms with Crippen molar-refractivity contribution in [2.45, 2.75) is 0 Å². The highest BCUT2D eigenvalue weighted by molar-refractivity contribution is 6.10. The Morgan fingerprint density at radius 3 is 1.80 bits per heavy atom. The van der Waals surface area contributed by atoms with Crippen LogP contribution in [0.4, 0.5) is 17.1 Å². The van der Waals surface area contributed by atoms with E-state index in [4.69, 9.17) is 5.73 Å². The van der Waals surface area contributed by atoms with Crippen molar-refractivity contribution in [3.05, 3.63) is 217 Å². The van der Waals surface area contributed by atoms with Crippen molar-refractivity contribution >= 4 is 50.3 Å². The van der Waals surface area contributed by atoms with Gasteiger partial charge in [0.1, 0.15) is 0 Å². The summed E-state index contributed by atoms with van der Waals surface area (Å²) in [6.07, 6.45) is 0. The molecule has 9 aromatic rings. The summed E-state index contributed by atoms with van der Waals surface area (Å²) < 4.78 is 2.36. The molecule has 0 unspecified atom stereocenters. The molecule has 0 spiro atoms. The van der Waals surface area contributed by atoms with E-state index >= 15 is 0 Å². The highest BCUT2D eigenvalue weighted by Gasteiger charge is 2.14. The molecule has 0 fully saturated rings. The van der Waals surface area contributed by atoms with Crippen LogP contribution in [-0.4, -0.2) is 4.57 Å². The zero-order valence-corrected chi connectivity index (χ0v) is 29.7. The van der Waals surface area contributed by atoms with Crippen LogP contribution in [0.3, 0.4) is 0 Å². The van der Waals surface area contributed by atoms with Crippen LogP contribution in [0.1, 0.15) is 11.1 Å². The average molecular weight is 695 g/mol. The van der Waals surface area contributed by atoms with Gasteiger partial charge in [-0.1, -0.05) is 140 Å². The first-order valence-corrected chi connectivity index (χ1v) is 18.2. The van der Waals surface area contributed by atoms with Gasteiger partial charge in [-0.3, -0.25) is 0 Å². The molecule has 0 bridgehead atoms. The fourth-order valence-corrected chi connectivity index (χ4v) is 7.32. The number of rotatable bonds is 9. The molecule has 8 aromatic carbocycles. The Balaban J connectivity index is 1.00. The maximum absolute atomic E-state index is 6.74. The van der Waals surface area contributed by atoms with E-state index in [-0.39, 0.29) is 0 Å². The molecular weight excluding hydrogens is 657 g/mol. The average Bonchev–Trinajstić information content (AvgIpc) is 3.58. The lowest BCUT2D eigenvalue weighted by molar-refractivity contribution is 1.18. The second-order valence-corrected chi connectivity index (χ2v) is 13.4. The molecule has 0 saturated carbocycles. The van der Waals surface area contributed by atoms with Gasteiger partial charge >= 0.3 is 0 Å². The highest BCUT2D eigenvalue weighted by Crippen LogP contribution is 2.37. The molecule has 0 aliphatic carbocycles. The van der Waals surface area contributed by atoms with Crippen LogP contribution in [0.15, 0.2) is 206 Å². The fraction of sp³-hybridized carbons (Fsp3) is 0. The number of nitrogens with one attached hydrogen (secondary N) is 2. The van der Waals surface area contributed by atoms with Gasteiger partial charge in [0, 0.05) is 44.6 Å². The van der Waals surface area contributed by atoms with Gasteiger partial charge in [-0.25, -0.2) is 0 Å². The molecule has 0 saturated heterocycles. The van der Waals surface area contributed by atoms with Gasteiger partial charge in [-0.15, -0.1) is 0 Å². The third kappa shape index (κ3) is 6.38. The molecule has 4 heteroatoms. The Bertz CT molecular complexity index is 2750. The van der Waals surface area contributed by atoms with Crippen LogP contribution in [0.25, 0.3) is 61.1 Å². The third-order valence-corrected chi connectivity index (χ3v) is 9.97. The van der Waals surface area contributed by atoms with E-state index in [0.29, 0.717) is 5.70 Å². The van der Waals surface area contributed by atoms with Crippen LogP contribution in [0.5, 0.6) is 0 Å². The number of aromatic nitrogens is 1. The number of nitrogens with zero attached hydrogens (tertiary/aromatic N) is 1. The molecule has 1 heterocycles. The molecule has 9 rings (SSSR count). The molecule has 0 aliphatic rings. The summed E-state index contributed by atoms with van der Waals surface area (Å²) in [4.78, 5) is 0. The summed E-state index contributed by atoms with van der Waals surface area (Å²) in [5.74, 6) is 0. The van der Waals surface area contributed by atoms with Crippen molar-refractivity contribution in [1.82, 2.24) is 4.57 Å². The Kier molecular flexibility index (Phi) is 8.68. The third-order valence-electron chi connectivity index (χ3n) is 9.97. The van der Waals surface area contributed by atoms with Crippen molar-refractivity contribution in [3.8, 4) is 27.9 Å². The first-order chi connectivity index (χ1) is 26.7. The van der Waals surface area contributed by atoms with Crippen molar-refractivity contribution in [2.75, 3.05) is 10.6 Å². The van der Waals surface area contributed by atoms with E-state index in [1.807, 2.05) is 48.5 Å². The van der Waals surface area contributed by atoms with Gasteiger partial charge in [0.25, 0.3) is 0 Å². The summed E-state index contributed by atoms with van der Waals surface area (Å²) >= 11 is 0. The van der Waals surface area contributed by atoms with Gasteiger partial charge in [0.15, 0.2) is 0 Å². The Morgan fingerprint density at radius 1 is 0.426 bits per heavy atom. The molecule has 1 aromatic heterocycles. The van der Waals surface area contributed by atoms with Gasteiger partial charge in [0.2, 0.25) is 0 Å². The predicted octanol–water partition coefficient (Wildman–Crippen LogP) is 12.8. The van der Waals surface area contributed by atoms with Crippen LogP contribution >= 0.6 is 0 Å². The fourth-order valence-electron chi connectivity index (χ4n) is 7.32. The molecule has 258 valence electrons. The van der Waals surface area contributed by atoms with E-state index in [0.717, 1.165) is 50.7 Å². The maximum Gasteiger partial charge on any atom is 0.0697 e. The number of anilines is 3. The predicted molar refractivity (Wildman–Crippen MR) is 229 cm³/mol. The number of fused-ring (bicyclic) bond motifs is 3. The minimum atomic E-state index is 0.694. The molecule has 0 radical (unpaired) electrons. The molecule has 54 heavy (non-hydrogen) atoms. The SMILES string of the molecule is N/C(=C(\Nc1ccc(Nc2ccccc2-c2cccc(-c3ccc4c(c3)c3ccccc3n4-c3ccccc3)c2)cc1)c1ccccc1)c1ccccc1. The van der Waals surface area contributed by atoms with Crippen LogP contribution in [-0.2, 0) is 0 Å². The monoisotopic (exact) mass is 694 g/mol. The number of hydrogen-bond acceptors (Lipinski definition) is 3. The lowest BCUT2D eigenvalue weighted by atomic mass is 9.97.